The Bertz CT molecular complexity index is 660. The predicted molar refractivity (Wildman–Crippen MR) is 81.8 cm³/mol. The van der Waals surface area contributed by atoms with Crippen LogP contribution in [0.5, 0.6) is 5.75 Å². The Morgan fingerprint density at radius 1 is 1.20 bits per heavy atom. The zero-order chi connectivity index (χ0) is 14.7. The van der Waals surface area contributed by atoms with Crippen molar-refractivity contribution in [2.75, 3.05) is 18.2 Å². The van der Waals surface area contributed by atoms with Gasteiger partial charge in [0.15, 0.2) is 0 Å². The molecular weight excluding hydrogens is 299 g/mol. The molecule has 0 saturated heterocycles. The Balaban J connectivity index is 2.25. The van der Waals surface area contributed by atoms with Gasteiger partial charge in [-0.15, -0.1) is 0 Å². The molecule has 2 aromatic rings. The molecule has 0 aromatic heterocycles. The normalized spacial score (nSPS) is 10.2. The maximum Gasteiger partial charge on any atom is 0.257 e. The number of carbonyl (C=O) groups is 1. The van der Waals surface area contributed by atoms with Crippen molar-refractivity contribution in [3.63, 3.8) is 0 Å². The van der Waals surface area contributed by atoms with Crippen LogP contribution in [0.3, 0.4) is 0 Å². The SMILES string of the molecule is COc1ccc(NC(=O)c2cc(Cl)ccc2Cl)c(N)c1. The van der Waals surface area contributed by atoms with Crippen LogP contribution in [0.1, 0.15) is 10.4 Å². The van der Waals surface area contributed by atoms with Gasteiger partial charge in [-0.25, -0.2) is 0 Å². The summed E-state index contributed by atoms with van der Waals surface area (Å²) in [6, 6.07) is 9.66. The number of nitrogens with two attached hydrogens (primary N) is 1. The molecule has 0 fully saturated rings. The van der Waals surface area contributed by atoms with Gasteiger partial charge in [0.1, 0.15) is 5.75 Å². The van der Waals surface area contributed by atoms with Gasteiger partial charge in [-0.05, 0) is 30.3 Å². The van der Waals surface area contributed by atoms with Gasteiger partial charge in [-0.3, -0.25) is 4.79 Å². The summed E-state index contributed by atoms with van der Waals surface area (Å²) in [7, 11) is 1.54. The summed E-state index contributed by atoms with van der Waals surface area (Å²) in [6.07, 6.45) is 0. The summed E-state index contributed by atoms with van der Waals surface area (Å²) in [6.45, 7) is 0. The van der Waals surface area contributed by atoms with Crippen molar-refractivity contribution in [3.05, 3.63) is 52.0 Å². The minimum Gasteiger partial charge on any atom is -0.497 e. The summed E-state index contributed by atoms with van der Waals surface area (Å²) >= 11 is 11.8. The third-order valence-corrected chi connectivity index (χ3v) is 3.24. The minimum absolute atomic E-state index is 0.286. The van der Waals surface area contributed by atoms with Crippen LogP contribution in [0.25, 0.3) is 0 Å². The molecule has 0 heterocycles. The first-order chi connectivity index (χ1) is 9.51. The highest BCUT2D eigenvalue weighted by Gasteiger charge is 2.12. The number of hydrogen-bond donors (Lipinski definition) is 2. The Labute approximate surface area is 126 Å². The molecule has 0 radical (unpaired) electrons. The van der Waals surface area contributed by atoms with Crippen LogP contribution in [0, 0.1) is 0 Å². The Kier molecular flexibility index (Phi) is 4.37. The second kappa shape index (κ2) is 6.03. The quantitative estimate of drug-likeness (QED) is 0.847. The van der Waals surface area contributed by atoms with Crippen LogP contribution in [0.15, 0.2) is 36.4 Å². The summed E-state index contributed by atoms with van der Waals surface area (Å²) in [5, 5.41) is 3.43. The highest BCUT2D eigenvalue weighted by atomic mass is 35.5. The van der Waals surface area contributed by atoms with Crippen LogP contribution in [0.4, 0.5) is 11.4 Å². The number of hydrogen-bond acceptors (Lipinski definition) is 3. The summed E-state index contributed by atoms with van der Waals surface area (Å²) in [4.78, 5) is 12.2. The maximum atomic E-state index is 12.2. The molecule has 0 saturated carbocycles. The second-order valence-corrected chi connectivity index (χ2v) is 4.88. The summed E-state index contributed by atoms with van der Waals surface area (Å²) < 4.78 is 5.04. The van der Waals surface area contributed by atoms with E-state index in [0.29, 0.717) is 27.2 Å². The van der Waals surface area contributed by atoms with Gasteiger partial charge < -0.3 is 15.8 Å². The molecule has 104 valence electrons. The molecule has 0 unspecified atom stereocenters. The first-order valence-electron chi connectivity index (χ1n) is 5.71. The predicted octanol–water partition coefficient (Wildman–Crippen LogP) is 3.84. The van der Waals surface area contributed by atoms with E-state index in [1.807, 2.05) is 0 Å². The van der Waals surface area contributed by atoms with E-state index in [0.717, 1.165) is 0 Å². The third kappa shape index (κ3) is 3.15. The van der Waals surface area contributed by atoms with Crippen molar-refractivity contribution in [1.29, 1.82) is 0 Å². The van der Waals surface area contributed by atoms with Gasteiger partial charge >= 0.3 is 0 Å². The molecule has 20 heavy (non-hydrogen) atoms. The molecule has 2 aromatic carbocycles. The van der Waals surface area contributed by atoms with Gasteiger partial charge in [0.2, 0.25) is 0 Å². The topological polar surface area (TPSA) is 64.3 Å². The van der Waals surface area contributed by atoms with E-state index in [4.69, 9.17) is 33.7 Å². The Hall–Kier alpha value is -1.91. The van der Waals surface area contributed by atoms with Gasteiger partial charge in [0.05, 0.1) is 29.1 Å². The van der Waals surface area contributed by atoms with E-state index in [2.05, 4.69) is 5.32 Å². The number of rotatable bonds is 3. The monoisotopic (exact) mass is 310 g/mol. The van der Waals surface area contributed by atoms with Gasteiger partial charge in [0, 0.05) is 11.1 Å². The molecule has 1 amide bonds. The number of anilines is 2. The van der Waals surface area contributed by atoms with Gasteiger partial charge in [0.25, 0.3) is 5.91 Å². The number of amides is 1. The first-order valence-corrected chi connectivity index (χ1v) is 6.47. The van der Waals surface area contributed by atoms with E-state index >= 15 is 0 Å². The minimum atomic E-state index is -0.380. The highest BCUT2D eigenvalue weighted by molar-refractivity contribution is 6.36. The molecule has 0 aliphatic heterocycles. The third-order valence-electron chi connectivity index (χ3n) is 2.68. The Morgan fingerprint density at radius 3 is 2.60 bits per heavy atom. The van der Waals surface area contributed by atoms with E-state index in [9.17, 15) is 4.79 Å². The maximum absolute atomic E-state index is 12.2. The smallest absolute Gasteiger partial charge is 0.257 e. The van der Waals surface area contributed by atoms with E-state index in [-0.39, 0.29) is 11.5 Å². The molecule has 0 bridgehead atoms. The largest absolute Gasteiger partial charge is 0.497 e. The summed E-state index contributed by atoms with van der Waals surface area (Å²) in [5.41, 5.74) is 7.00. The molecule has 0 atom stereocenters. The van der Waals surface area contributed by atoms with Crippen molar-refractivity contribution >= 4 is 40.5 Å². The van der Waals surface area contributed by atoms with Crippen molar-refractivity contribution in [3.8, 4) is 5.75 Å². The molecule has 0 spiro atoms. The number of benzene rings is 2. The highest BCUT2D eigenvalue weighted by Crippen LogP contribution is 2.26. The van der Waals surface area contributed by atoms with Crippen LogP contribution in [-0.2, 0) is 0 Å². The molecule has 0 aliphatic carbocycles. The lowest BCUT2D eigenvalue weighted by Gasteiger charge is -2.10. The Morgan fingerprint density at radius 2 is 1.95 bits per heavy atom. The van der Waals surface area contributed by atoms with Crippen molar-refractivity contribution in [2.24, 2.45) is 0 Å². The van der Waals surface area contributed by atoms with Crippen LogP contribution in [-0.4, -0.2) is 13.0 Å². The molecular formula is C14H12Cl2N2O2. The number of carbonyl (C=O) groups excluding carboxylic acids is 1. The standard InChI is InChI=1S/C14H12Cl2N2O2/c1-20-9-3-5-13(12(17)7-9)18-14(19)10-6-8(15)2-4-11(10)16/h2-7H,17H2,1H3,(H,18,19). The molecule has 0 aliphatic rings. The molecule has 6 heteroatoms. The lowest BCUT2D eigenvalue weighted by atomic mass is 10.2. The van der Waals surface area contributed by atoms with Gasteiger partial charge in [-0.2, -0.15) is 0 Å². The van der Waals surface area contributed by atoms with Crippen LogP contribution in [0.2, 0.25) is 10.0 Å². The first kappa shape index (κ1) is 14.5. The number of ether oxygens (including phenoxy) is 1. The molecule has 3 N–H and O–H groups in total. The van der Waals surface area contributed by atoms with E-state index < -0.39 is 0 Å². The van der Waals surface area contributed by atoms with Gasteiger partial charge in [-0.1, -0.05) is 23.2 Å². The number of nitrogen functional groups attached to an aromatic ring is 1. The second-order valence-electron chi connectivity index (χ2n) is 4.03. The van der Waals surface area contributed by atoms with Crippen molar-refractivity contribution in [1.82, 2.24) is 0 Å². The van der Waals surface area contributed by atoms with E-state index in [1.165, 1.54) is 6.07 Å². The molecule has 2 rings (SSSR count). The lowest BCUT2D eigenvalue weighted by molar-refractivity contribution is 0.102. The zero-order valence-corrected chi connectivity index (χ0v) is 12.1. The fraction of sp³-hybridized carbons (Fsp3) is 0.0714. The molecule has 4 nitrogen and oxygen atoms in total. The zero-order valence-electron chi connectivity index (χ0n) is 10.6. The van der Waals surface area contributed by atoms with E-state index in [1.54, 1.807) is 37.4 Å². The van der Waals surface area contributed by atoms with Crippen molar-refractivity contribution < 1.29 is 9.53 Å². The summed E-state index contributed by atoms with van der Waals surface area (Å²) in [5.74, 6) is 0.232. The average Bonchev–Trinajstić information content (AvgIpc) is 2.43. The lowest BCUT2D eigenvalue weighted by Crippen LogP contribution is -2.13. The average molecular weight is 311 g/mol. The fourth-order valence-electron chi connectivity index (χ4n) is 1.64. The fourth-order valence-corrected chi connectivity index (χ4v) is 2.02. The van der Waals surface area contributed by atoms with Crippen LogP contribution < -0.4 is 15.8 Å². The van der Waals surface area contributed by atoms with Crippen LogP contribution >= 0.6 is 23.2 Å². The number of halogens is 2. The number of methoxy groups -OCH3 is 1. The number of nitrogens with one attached hydrogen (secondary N) is 1. The van der Waals surface area contributed by atoms with Crippen molar-refractivity contribution in [2.45, 2.75) is 0 Å².